The molecule has 3 nitrogen and oxygen atoms in total. The van der Waals surface area contributed by atoms with Gasteiger partial charge >= 0.3 is 0 Å². The Hall–Kier alpha value is -0.0900. The molecule has 1 aliphatic heterocycles. The normalized spacial score (nSPS) is 24.6. The van der Waals surface area contributed by atoms with Crippen LogP contribution in [-0.4, -0.2) is 32.5 Å². The van der Waals surface area contributed by atoms with Crippen molar-refractivity contribution in [2.75, 3.05) is 18.1 Å². The molecule has 1 rings (SSSR count). The molecule has 1 heterocycles. The molecule has 1 aliphatic rings. The summed E-state index contributed by atoms with van der Waals surface area (Å²) in [6.45, 7) is 7.62. The molecule has 0 radical (unpaired) electrons. The first-order valence-electron chi connectivity index (χ1n) is 7.36. The van der Waals surface area contributed by atoms with Gasteiger partial charge in [-0.1, -0.05) is 33.6 Å². The molecular formula is C14H29NO2S. The van der Waals surface area contributed by atoms with Crippen molar-refractivity contribution in [2.24, 2.45) is 11.8 Å². The van der Waals surface area contributed by atoms with Crippen LogP contribution in [0.2, 0.25) is 0 Å². The van der Waals surface area contributed by atoms with Crippen LogP contribution in [0, 0.1) is 11.8 Å². The second-order valence-corrected chi connectivity index (χ2v) is 8.31. The summed E-state index contributed by atoms with van der Waals surface area (Å²) in [5.74, 6) is 1.97. The largest absolute Gasteiger partial charge is 0.314 e. The Morgan fingerprint density at radius 1 is 1.28 bits per heavy atom. The Bertz CT molecular complexity index is 325. The summed E-state index contributed by atoms with van der Waals surface area (Å²) >= 11 is 0. The maximum atomic E-state index is 11.5. The summed E-state index contributed by atoms with van der Waals surface area (Å²) in [6.07, 6.45) is 5.60. The minimum absolute atomic E-state index is 0.387. The first-order valence-corrected chi connectivity index (χ1v) is 9.19. The fourth-order valence-corrected chi connectivity index (χ4v) is 4.70. The highest BCUT2D eigenvalue weighted by Crippen LogP contribution is 2.24. The van der Waals surface area contributed by atoms with Gasteiger partial charge in [-0.3, -0.25) is 0 Å². The molecule has 4 heteroatoms. The smallest absolute Gasteiger partial charge is 0.150 e. The maximum absolute atomic E-state index is 11.5. The molecule has 1 fully saturated rings. The zero-order valence-corrected chi connectivity index (χ0v) is 12.9. The van der Waals surface area contributed by atoms with Crippen LogP contribution in [0.3, 0.4) is 0 Å². The Balaban J connectivity index is 2.33. The summed E-state index contributed by atoms with van der Waals surface area (Å²) in [6, 6.07) is 0.507. The van der Waals surface area contributed by atoms with E-state index in [4.69, 9.17) is 0 Å². The first-order chi connectivity index (χ1) is 8.43. The Labute approximate surface area is 113 Å². The summed E-state index contributed by atoms with van der Waals surface area (Å²) in [5.41, 5.74) is 0. The summed E-state index contributed by atoms with van der Waals surface area (Å²) in [5, 5.41) is 3.52. The van der Waals surface area contributed by atoms with E-state index in [-0.39, 0.29) is 0 Å². The summed E-state index contributed by atoms with van der Waals surface area (Å²) < 4.78 is 22.9. The second-order valence-electron chi connectivity index (χ2n) is 6.08. The van der Waals surface area contributed by atoms with Gasteiger partial charge in [0.1, 0.15) is 0 Å². The molecule has 1 saturated heterocycles. The highest BCUT2D eigenvalue weighted by Gasteiger charge is 2.29. The van der Waals surface area contributed by atoms with E-state index >= 15 is 0 Å². The van der Waals surface area contributed by atoms with Crippen LogP contribution in [0.5, 0.6) is 0 Å². The standard InChI is InChI=1S/C14H29NO2S/c1-4-15-14(7-5-6-12(2)3)10-13-8-9-18(16,17)11-13/h12-15H,4-11H2,1-3H3. The molecule has 0 aliphatic carbocycles. The SMILES string of the molecule is CCNC(CCCC(C)C)CC1CCS(=O)(=O)C1. The molecule has 1 N–H and O–H groups in total. The van der Waals surface area contributed by atoms with E-state index in [0.29, 0.717) is 23.5 Å². The van der Waals surface area contributed by atoms with Crippen molar-refractivity contribution >= 4 is 9.84 Å². The molecule has 108 valence electrons. The summed E-state index contributed by atoms with van der Waals surface area (Å²) in [7, 11) is -2.72. The van der Waals surface area contributed by atoms with Crippen molar-refractivity contribution in [3.63, 3.8) is 0 Å². The van der Waals surface area contributed by atoms with E-state index in [1.807, 2.05) is 0 Å². The molecule has 2 unspecified atom stereocenters. The third kappa shape index (κ3) is 6.19. The Morgan fingerprint density at radius 3 is 2.50 bits per heavy atom. The van der Waals surface area contributed by atoms with Crippen molar-refractivity contribution in [2.45, 2.75) is 58.9 Å². The lowest BCUT2D eigenvalue weighted by atomic mass is 9.94. The van der Waals surface area contributed by atoms with Crippen LogP contribution in [0.4, 0.5) is 0 Å². The molecule has 0 saturated carbocycles. The van der Waals surface area contributed by atoms with E-state index in [1.165, 1.54) is 19.3 Å². The van der Waals surface area contributed by atoms with Crippen molar-refractivity contribution in [3.8, 4) is 0 Å². The van der Waals surface area contributed by atoms with E-state index in [1.54, 1.807) is 0 Å². The maximum Gasteiger partial charge on any atom is 0.150 e. The van der Waals surface area contributed by atoms with Gasteiger partial charge in [-0.25, -0.2) is 8.42 Å². The third-order valence-electron chi connectivity index (χ3n) is 3.77. The molecular weight excluding hydrogens is 246 g/mol. The Morgan fingerprint density at radius 2 is 2.00 bits per heavy atom. The summed E-state index contributed by atoms with van der Waals surface area (Å²) in [4.78, 5) is 0. The molecule has 0 aromatic heterocycles. The van der Waals surface area contributed by atoms with Crippen molar-refractivity contribution in [1.29, 1.82) is 0 Å². The molecule has 0 bridgehead atoms. The van der Waals surface area contributed by atoms with Crippen LogP contribution in [0.25, 0.3) is 0 Å². The highest BCUT2D eigenvalue weighted by atomic mass is 32.2. The number of nitrogens with one attached hydrogen (secondary N) is 1. The minimum atomic E-state index is -2.72. The lowest BCUT2D eigenvalue weighted by Gasteiger charge is -2.21. The number of sulfone groups is 1. The van der Waals surface area contributed by atoms with Gasteiger partial charge in [-0.15, -0.1) is 0 Å². The van der Waals surface area contributed by atoms with Crippen LogP contribution < -0.4 is 5.32 Å². The topological polar surface area (TPSA) is 46.2 Å². The van der Waals surface area contributed by atoms with Crippen LogP contribution in [0.15, 0.2) is 0 Å². The van der Waals surface area contributed by atoms with Crippen LogP contribution in [-0.2, 0) is 9.84 Å². The first kappa shape index (κ1) is 16.0. The zero-order chi connectivity index (χ0) is 13.6. The van der Waals surface area contributed by atoms with E-state index in [0.717, 1.165) is 25.3 Å². The molecule has 2 atom stereocenters. The fourth-order valence-electron chi connectivity index (χ4n) is 2.82. The average Bonchev–Trinajstić information content (AvgIpc) is 2.57. The van der Waals surface area contributed by atoms with E-state index < -0.39 is 9.84 Å². The predicted octanol–water partition coefficient (Wildman–Crippen LogP) is 2.62. The minimum Gasteiger partial charge on any atom is -0.314 e. The molecule has 0 spiro atoms. The van der Waals surface area contributed by atoms with E-state index in [2.05, 4.69) is 26.1 Å². The van der Waals surface area contributed by atoms with Gasteiger partial charge in [0.25, 0.3) is 0 Å². The highest BCUT2D eigenvalue weighted by molar-refractivity contribution is 7.91. The Kier molecular flexibility index (Phi) is 6.64. The third-order valence-corrected chi connectivity index (χ3v) is 5.61. The number of rotatable bonds is 8. The lowest BCUT2D eigenvalue weighted by Crippen LogP contribution is -2.31. The van der Waals surface area contributed by atoms with Gasteiger partial charge in [0.15, 0.2) is 9.84 Å². The lowest BCUT2D eigenvalue weighted by molar-refractivity contribution is 0.373. The molecule has 18 heavy (non-hydrogen) atoms. The number of hydrogen-bond donors (Lipinski definition) is 1. The van der Waals surface area contributed by atoms with Crippen molar-refractivity contribution in [1.82, 2.24) is 5.32 Å². The van der Waals surface area contributed by atoms with E-state index in [9.17, 15) is 8.42 Å². The van der Waals surface area contributed by atoms with Gasteiger partial charge in [-0.2, -0.15) is 0 Å². The van der Waals surface area contributed by atoms with Crippen molar-refractivity contribution in [3.05, 3.63) is 0 Å². The second kappa shape index (κ2) is 7.49. The van der Waals surface area contributed by atoms with Gasteiger partial charge in [0, 0.05) is 6.04 Å². The van der Waals surface area contributed by atoms with Crippen LogP contribution in [0.1, 0.15) is 52.9 Å². The fraction of sp³-hybridized carbons (Fsp3) is 1.00. The predicted molar refractivity (Wildman–Crippen MR) is 77.5 cm³/mol. The monoisotopic (exact) mass is 275 g/mol. The van der Waals surface area contributed by atoms with Gasteiger partial charge < -0.3 is 5.32 Å². The van der Waals surface area contributed by atoms with Gasteiger partial charge in [-0.05, 0) is 37.6 Å². The molecule has 0 aromatic carbocycles. The molecule has 0 aromatic rings. The van der Waals surface area contributed by atoms with Crippen LogP contribution >= 0.6 is 0 Å². The van der Waals surface area contributed by atoms with Crippen molar-refractivity contribution < 1.29 is 8.42 Å². The average molecular weight is 275 g/mol. The quantitative estimate of drug-likeness (QED) is 0.740. The zero-order valence-electron chi connectivity index (χ0n) is 12.1. The van der Waals surface area contributed by atoms with Gasteiger partial charge in [0.2, 0.25) is 0 Å². The molecule has 0 amide bonds. The number of hydrogen-bond acceptors (Lipinski definition) is 3. The van der Waals surface area contributed by atoms with Gasteiger partial charge in [0.05, 0.1) is 11.5 Å².